The Morgan fingerprint density at radius 2 is 1.87 bits per heavy atom. The molecule has 2 aromatic rings. The number of benzene rings is 2. The SMILES string of the molecule is COc1cc(CN2CCC(CO)(Cc3ccccc3C(F)(F)F)CC2)cc2c1OCO2. The minimum absolute atomic E-state index is 0.134. The number of aliphatic hydroxyl groups excluding tert-OH is 1. The van der Waals surface area contributed by atoms with Crippen LogP contribution in [0.1, 0.15) is 29.5 Å². The number of hydrogen-bond acceptors (Lipinski definition) is 5. The Balaban J connectivity index is 1.44. The third kappa shape index (κ3) is 4.60. The van der Waals surface area contributed by atoms with Crippen molar-refractivity contribution in [3.05, 3.63) is 53.1 Å². The molecule has 2 aliphatic rings. The molecule has 0 aliphatic carbocycles. The van der Waals surface area contributed by atoms with Crippen LogP contribution in [0.4, 0.5) is 13.2 Å². The van der Waals surface area contributed by atoms with E-state index < -0.39 is 17.2 Å². The van der Waals surface area contributed by atoms with E-state index in [1.54, 1.807) is 13.2 Å². The first kappa shape index (κ1) is 21.8. The highest BCUT2D eigenvalue weighted by Crippen LogP contribution is 2.43. The van der Waals surface area contributed by atoms with Crippen LogP contribution < -0.4 is 14.2 Å². The monoisotopic (exact) mass is 437 g/mol. The molecule has 0 atom stereocenters. The minimum atomic E-state index is -4.40. The number of piperidine rings is 1. The van der Waals surface area contributed by atoms with Crippen molar-refractivity contribution in [3.8, 4) is 17.2 Å². The van der Waals surface area contributed by atoms with Crippen molar-refractivity contribution in [2.24, 2.45) is 5.41 Å². The van der Waals surface area contributed by atoms with Gasteiger partial charge in [-0.3, -0.25) is 4.90 Å². The van der Waals surface area contributed by atoms with Gasteiger partial charge in [-0.1, -0.05) is 18.2 Å². The average Bonchev–Trinajstić information content (AvgIpc) is 3.23. The second-order valence-electron chi connectivity index (χ2n) is 8.30. The maximum Gasteiger partial charge on any atom is 0.416 e. The van der Waals surface area contributed by atoms with E-state index in [9.17, 15) is 18.3 Å². The summed E-state index contributed by atoms with van der Waals surface area (Å²) in [5.41, 5.74) is 0.0977. The lowest BCUT2D eigenvalue weighted by Crippen LogP contribution is -2.43. The third-order valence-electron chi connectivity index (χ3n) is 6.26. The fraction of sp³-hybridized carbons (Fsp3) is 0.478. The molecule has 2 aromatic carbocycles. The van der Waals surface area contributed by atoms with Gasteiger partial charge in [-0.2, -0.15) is 13.2 Å². The Morgan fingerprint density at radius 1 is 1.13 bits per heavy atom. The van der Waals surface area contributed by atoms with Crippen LogP contribution in [-0.2, 0) is 19.1 Å². The number of nitrogens with zero attached hydrogens (tertiary/aromatic N) is 1. The van der Waals surface area contributed by atoms with Crippen molar-refractivity contribution >= 4 is 0 Å². The van der Waals surface area contributed by atoms with Gasteiger partial charge in [0, 0.05) is 13.2 Å². The first-order chi connectivity index (χ1) is 14.8. The fourth-order valence-electron chi connectivity index (χ4n) is 4.46. The number of aliphatic hydroxyl groups is 1. The zero-order chi connectivity index (χ0) is 22.1. The van der Waals surface area contributed by atoms with Crippen LogP contribution >= 0.6 is 0 Å². The van der Waals surface area contributed by atoms with Crippen LogP contribution in [0, 0.1) is 5.41 Å². The summed E-state index contributed by atoms with van der Waals surface area (Å²) in [6, 6.07) is 9.51. The maximum atomic E-state index is 13.4. The van der Waals surface area contributed by atoms with Gasteiger partial charge in [-0.25, -0.2) is 0 Å². The summed E-state index contributed by atoms with van der Waals surface area (Å²) >= 11 is 0. The fourth-order valence-corrected chi connectivity index (χ4v) is 4.46. The lowest BCUT2D eigenvalue weighted by atomic mass is 9.73. The van der Waals surface area contributed by atoms with Crippen molar-refractivity contribution in [1.82, 2.24) is 4.90 Å². The molecule has 31 heavy (non-hydrogen) atoms. The Bertz CT molecular complexity index is 924. The molecular weight excluding hydrogens is 411 g/mol. The van der Waals surface area contributed by atoms with Gasteiger partial charge in [0.1, 0.15) is 0 Å². The predicted octanol–water partition coefficient (Wildman–Crippen LogP) is 4.26. The Hall–Kier alpha value is -2.45. The number of likely N-dealkylation sites (tertiary alicyclic amines) is 1. The van der Waals surface area contributed by atoms with Gasteiger partial charge in [-0.05, 0) is 67.1 Å². The van der Waals surface area contributed by atoms with E-state index in [4.69, 9.17) is 14.2 Å². The van der Waals surface area contributed by atoms with E-state index in [1.165, 1.54) is 12.1 Å². The minimum Gasteiger partial charge on any atom is -0.493 e. The lowest BCUT2D eigenvalue weighted by Gasteiger charge is -2.41. The summed E-state index contributed by atoms with van der Waals surface area (Å²) in [5, 5.41) is 10.1. The molecule has 1 fully saturated rings. The number of ether oxygens (including phenoxy) is 3. The smallest absolute Gasteiger partial charge is 0.416 e. The first-order valence-electron chi connectivity index (χ1n) is 10.3. The normalized spacial score (nSPS) is 18.2. The van der Waals surface area contributed by atoms with Crippen LogP contribution in [0.5, 0.6) is 17.2 Å². The molecule has 2 heterocycles. The van der Waals surface area contributed by atoms with Gasteiger partial charge in [0.25, 0.3) is 0 Å². The molecule has 5 nitrogen and oxygen atoms in total. The number of halogens is 3. The van der Waals surface area contributed by atoms with Gasteiger partial charge in [-0.15, -0.1) is 0 Å². The van der Waals surface area contributed by atoms with E-state index in [-0.39, 0.29) is 25.4 Å². The number of hydrogen-bond donors (Lipinski definition) is 1. The summed E-state index contributed by atoms with van der Waals surface area (Å²) in [6.07, 6.45) is -2.94. The lowest BCUT2D eigenvalue weighted by molar-refractivity contribution is -0.138. The summed E-state index contributed by atoms with van der Waals surface area (Å²) < 4.78 is 56.5. The maximum absolute atomic E-state index is 13.4. The predicted molar refractivity (Wildman–Crippen MR) is 108 cm³/mol. The van der Waals surface area contributed by atoms with Crippen molar-refractivity contribution in [1.29, 1.82) is 0 Å². The van der Waals surface area contributed by atoms with Crippen LogP contribution in [0.2, 0.25) is 0 Å². The molecule has 168 valence electrons. The topological polar surface area (TPSA) is 51.2 Å². The van der Waals surface area contributed by atoms with Crippen molar-refractivity contribution in [2.75, 3.05) is 33.6 Å². The standard InChI is InChI=1S/C23H26F3NO4/c1-29-19-10-16(11-20-21(19)31-15-30-20)13-27-8-6-22(14-28,7-9-27)12-17-4-2-3-5-18(17)23(24,25)26/h2-5,10-11,28H,6-9,12-15H2,1H3. The molecule has 0 radical (unpaired) electrons. The molecule has 1 saturated heterocycles. The second kappa shape index (κ2) is 8.59. The zero-order valence-corrected chi connectivity index (χ0v) is 17.4. The number of rotatable bonds is 6. The molecule has 0 unspecified atom stereocenters. The summed E-state index contributed by atoms with van der Waals surface area (Å²) in [5.74, 6) is 1.88. The van der Waals surface area contributed by atoms with Crippen LogP contribution in [0.15, 0.2) is 36.4 Å². The first-order valence-corrected chi connectivity index (χ1v) is 10.3. The van der Waals surface area contributed by atoms with Gasteiger partial charge in [0.15, 0.2) is 11.5 Å². The molecule has 0 spiro atoms. The van der Waals surface area contributed by atoms with Crippen LogP contribution in [0.25, 0.3) is 0 Å². The third-order valence-corrected chi connectivity index (χ3v) is 6.26. The van der Waals surface area contributed by atoms with Crippen molar-refractivity contribution < 1.29 is 32.5 Å². The highest BCUT2D eigenvalue weighted by Gasteiger charge is 2.38. The van der Waals surface area contributed by atoms with Crippen molar-refractivity contribution in [3.63, 3.8) is 0 Å². The van der Waals surface area contributed by atoms with Crippen molar-refractivity contribution in [2.45, 2.75) is 32.0 Å². The number of fused-ring (bicyclic) bond motifs is 1. The van der Waals surface area contributed by atoms with E-state index in [0.717, 1.165) is 11.6 Å². The van der Waals surface area contributed by atoms with Gasteiger partial charge >= 0.3 is 6.18 Å². The molecule has 0 saturated carbocycles. The van der Waals surface area contributed by atoms with Gasteiger partial charge < -0.3 is 19.3 Å². The van der Waals surface area contributed by atoms with Crippen LogP contribution in [-0.4, -0.2) is 43.6 Å². The molecule has 0 bridgehead atoms. The Kier molecular flexibility index (Phi) is 6.03. The summed E-state index contributed by atoms with van der Waals surface area (Å²) in [7, 11) is 1.58. The van der Waals surface area contributed by atoms with E-state index >= 15 is 0 Å². The highest BCUT2D eigenvalue weighted by molar-refractivity contribution is 5.55. The number of methoxy groups -OCH3 is 1. The summed E-state index contributed by atoms with van der Waals surface area (Å²) in [4.78, 5) is 2.24. The quantitative estimate of drug-likeness (QED) is 0.732. The Morgan fingerprint density at radius 3 is 2.55 bits per heavy atom. The van der Waals surface area contributed by atoms with Gasteiger partial charge in [0.05, 0.1) is 12.7 Å². The molecule has 0 aromatic heterocycles. The molecular formula is C23H26F3NO4. The van der Waals surface area contributed by atoms with E-state index in [1.807, 2.05) is 12.1 Å². The zero-order valence-electron chi connectivity index (χ0n) is 17.4. The molecule has 0 amide bonds. The highest BCUT2D eigenvalue weighted by atomic mass is 19.4. The molecule has 4 rings (SSSR count). The molecule has 8 heteroatoms. The van der Waals surface area contributed by atoms with Crippen LogP contribution in [0.3, 0.4) is 0 Å². The molecule has 2 aliphatic heterocycles. The largest absolute Gasteiger partial charge is 0.493 e. The number of alkyl halides is 3. The van der Waals surface area contributed by atoms with E-state index in [2.05, 4.69) is 4.90 Å². The Labute approximate surface area is 179 Å². The summed E-state index contributed by atoms with van der Waals surface area (Å²) in [6.45, 7) is 2.06. The van der Waals surface area contributed by atoms with Gasteiger partial charge in [0.2, 0.25) is 12.5 Å². The second-order valence-corrected chi connectivity index (χ2v) is 8.30. The molecule has 1 N–H and O–H groups in total. The average molecular weight is 437 g/mol. The van der Waals surface area contributed by atoms with E-state index in [0.29, 0.717) is 49.7 Å².